The molecule has 6 nitrogen and oxygen atoms in total. The number of aliphatic hydroxyl groups is 1. The van der Waals surface area contributed by atoms with E-state index in [1.54, 1.807) is 6.20 Å². The van der Waals surface area contributed by atoms with Crippen molar-refractivity contribution in [2.24, 2.45) is 13.0 Å². The zero-order chi connectivity index (χ0) is 16.4. The standard InChI is InChI=1S/C16H20ClN5O/c1-21-8-12(2-14(21)5-18)6-19-15-3-11(4-16(15)23)9-22-10-13(17)7-20-22/h2,7-8,10-11,15-16,19,23H,3-4,6,9H2,1H3/t11?,15-,16-/m1/s1. The minimum absolute atomic E-state index is 0.0665. The Labute approximate surface area is 140 Å². The van der Waals surface area contributed by atoms with Crippen LogP contribution in [0.1, 0.15) is 24.1 Å². The van der Waals surface area contributed by atoms with E-state index in [4.69, 9.17) is 16.9 Å². The molecule has 3 rings (SSSR count). The van der Waals surface area contributed by atoms with Crippen LogP contribution >= 0.6 is 11.6 Å². The van der Waals surface area contributed by atoms with Gasteiger partial charge in [-0.3, -0.25) is 4.68 Å². The van der Waals surface area contributed by atoms with Crippen molar-refractivity contribution >= 4 is 11.6 Å². The largest absolute Gasteiger partial charge is 0.391 e. The normalized spacial score (nSPS) is 24.0. The smallest absolute Gasteiger partial charge is 0.120 e. The van der Waals surface area contributed by atoms with Crippen molar-refractivity contribution in [3.05, 3.63) is 40.9 Å². The predicted molar refractivity (Wildman–Crippen MR) is 86.7 cm³/mol. The number of aromatic nitrogens is 3. The summed E-state index contributed by atoms with van der Waals surface area (Å²) in [6, 6.07) is 4.09. The van der Waals surface area contributed by atoms with Gasteiger partial charge in [-0.1, -0.05) is 11.6 Å². The van der Waals surface area contributed by atoms with Crippen molar-refractivity contribution < 1.29 is 5.11 Å². The minimum Gasteiger partial charge on any atom is -0.391 e. The summed E-state index contributed by atoms with van der Waals surface area (Å²) in [6.07, 6.45) is 6.68. The van der Waals surface area contributed by atoms with E-state index in [2.05, 4.69) is 16.5 Å². The molecule has 122 valence electrons. The number of hydrogen-bond donors (Lipinski definition) is 2. The highest BCUT2D eigenvalue weighted by molar-refractivity contribution is 6.30. The molecule has 0 saturated heterocycles. The van der Waals surface area contributed by atoms with Gasteiger partial charge in [0.2, 0.25) is 0 Å². The molecule has 23 heavy (non-hydrogen) atoms. The monoisotopic (exact) mass is 333 g/mol. The van der Waals surface area contributed by atoms with Gasteiger partial charge in [0, 0.05) is 38.6 Å². The van der Waals surface area contributed by atoms with Gasteiger partial charge in [-0.25, -0.2) is 0 Å². The Bertz CT molecular complexity index is 716. The molecule has 0 aliphatic heterocycles. The van der Waals surface area contributed by atoms with Gasteiger partial charge in [-0.15, -0.1) is 0 Å². The van der Waals surface area contributed by atoms with E-state index in [9.17, 15) is 5.11 Å². The molecule has 2 N–H and O–H groups in total. The molecule has 2 heterocycles. The van der Waals surface area contributed by atoms with Gasteiger partial charge >= 0.3 is 0 Å². The third-order valence-corrected chi connectivity index (χ3v) is 4.61. The topological polar surface area (TPSA) is 78.8 Å². The maximum atomic E-state index is 10.3. The van der Waals surface area contributed by atoms with Gasteiger partial charge in [0.1, 0.15) is 11.8 Å². The minimum atomic E-state index is -0.356. The van der Waals surface area contributed by atoms with Crippen molar-refractivity contribution in [1.29, 1.82) is 5.26 Å². The van der Waals surface area contributed by atoms with Crippen LogP contribution in [0.3, 0.4) is 0 Å². The van der Waals surface area contributed by atoms with Crippen molar-refractivity contribution in [2.75, 3.05) is 0 Å². The number of nitrogens with zero attached hydrogens (tertiary/aromatic N) is 4. The summed E-state index contributed by atoms with van der Waals surface area (Å²) in [5, 5.41) is 27.5. The number of nitrogens with one attached hydrogen (secondary N) is 1. The first-order valence-electron chi connectivity index (χ1n) is 7.70. The fraction of sp³-hybridized carbons (Fsp3) is 0.500. The summed E-state index contributed by atoms with van der Waals surface area (Å²) in [7, 11) is 1.86. The Balaban J connectivity index is 1.53. The molecule has 0 aromatic carbocycles. The van der Waals surface area contributed by atoms with Crippen LogP contribution in [0.5, 0.6) is 0 Å². The van der Waals surface area contributed by atoms with Crippen molar-refractivity contribution in [1.82, 2.24) is 19.7 Å². The van der Waals surface area contributed by atoms with Crippen molar-refractivity contribution in [3.8, 4) is 6.07 Å². The zero-order valence-corrected chi connectivity index (χ0v) is 13.7. The number of aryl methyl sites for hydroxylation is 1. The first kappa shape index (κ1) is 16.1. The summed E-state index contributed by atoms with van der Waals surface area (Å²) in [5.41, 5.74) is 1.70. The molecule has 0 spiro atoms. The first-order chi connectivity index (χ1) is 11.0. The fourth-order valence-corrected chi connectivity index (χ4v) is 3.44. The molecule has 7 heteroatoms. The summed E-state index contributed by atoms with van der Waals surface area (Å²) in [5.74, 6) is 0.379. The number of halogens is 1. The lowest BCUT2D eigenvalue weighted by atomic mass is 10.1. The molecule has 2 aromatic rings. The lowest BCUT2D eigenvalue weighted by Crippen LogP contribution is -2.35. The second kappa shape index (κ2) is 6.75. The predicted octanol–water partition coefficient (Wildman–Crippen LogP) is 1.68. The van der Waals surface area contributed by atoms with Crippen LogP contribution in [-0.2, 0) is 20.1 Å². The van der Waals surface area contributed by atoms with E-state index in [1.807, 2.05) is 34.8 Å². The number of nitriles is 1. The summed E-state index contributed by atoms with van der Waals surface area (Å²) < 4.78 is 3.64. The van der Waals surface area contributed by atoms with E-state index in [-0.39, 0.29) is 12.1 Å². The number of aliphatic hydroxyl groups excluding tert-OH is 1. The second-order valence-electron chi connectivity index (χ2n) is 6.23. The highest BCUT2D eigenvalue weighted by Gasteiger charge is 2.32. The van der Waals surface area contributed by atoms with Gasteiger partial charge in [-0.2, -0.15) is 10.4 Å². The van der Waals surface area contributed by atoms with Crippen molar-refractivity contribution in [3.63, 3.8) is 0 Å². The van der Waals surface area contributed by atoms with Crippen LogP contribution in [0.4, 0.5) is 0 Å². The summed E-state index contributed by atoms with van der Waals surface area (Å²) in [6.45, 7) is 1.42. The third kappa shape index (κ3) is 3.75. The fourth-order valence-electron chi connectivity index (χ4n) is 3.28. The molecule has 0 amide bonds. The van der Waals surface area contributed by atoms with E-state index >= 15 is 0 Å². The lowest BCUT2D eigenvalue weighted by Gasteiger charge is -2.15. The molecular weight excluding hydrogens is 314 g/mol. The van der Waals surface area contributed by atoms with E-state index in [1.165, 1.54) is 0 Å². The maximum absolute atomic E-state index is 10.3. The Hall–Kier alpha value is -1.81. The van der Waals surface area contributed by atoms with Crippen LogP contribution in [0.25, 0.3) is 0 Å². The third-order valence-electron chi connectivity index (χ3n) is 4.42. The first-order valence-corrected chi connectivity index (χ1v) is 8.07. The Kier molecular flexibility index (Phi) is 4.71. The van der Waals surface area contributed by atoms with Crippen LogP contribution in [0.15, 0.2) is 24.7 Å². The molecule has 1 unspecified atom stereocenters. The molecular formula is C16H20ClN5O. The molecule has 0 bridgehead atoms. The van der Waals surface area contributed by atoms with E-state index in [0.29, 0.717) is 23.2 Å². The van der Waals surface area contributed by atoms with Crippen molar-refractivity contribution in [2.45, 2.75) is 38.1 Å². The van der Waals surface area contributed by atoms with Gasteiger partial charge in [0.15, 0.2) is 0 Å². The van der Waals surface area contributed by atoms with Gasteiger partial charge in [0.25, 0.3) is 0 Å². The molecule has 3 atom stereocenters. The summed E-state index contributed by atoms with van der Waals surface area (Å²) in [4.78, 5) is 0. The van der Waals surface area contributed by atoms with Gasteiger partial charge in [-0.05, 0) is 30.4 Å². The summed E-state index contributed by atoms with van der Waals surface area (Å²) >= 11 is 5.88. The SMILES string of the molecule is Cn1cc(CN[C@@H]2CC(Cn3cc(Cl)cn3)C[C@H]2O)cc1C#N. The molecule has 1 aliphatic carbocycles. The average molecular weight is 334 g/mol. The van der Waals surface area contributed by atoms with E-state index in [0.717, 1.165) is 24.9 Å². The number of hydrogen-bond acceptors (Lipinski definition) is 4. The maximum Gasteiger partial charge on any atom is 0.120 e. The molecule has 1 fully saturated rings. The molecule has 2 aromatic heterocycles. The van der Waals surface area contributed by atoms with Crippen LogP contribution in [-0.4, -0.2) is 31.6 Å². The Morgan fingerprint density at radius 3 is 2.96 bits per heavy atom. The van der Waals surface area contributed by atoms with Crippen LogP contribution < -0.4 is 5.32 Å². The van der Waals surface area contributed by atoms with Gasteiger partial charge in [0.05, 0.1) is 17.3 Å². The average Bonchev–Trinajstić information content (AvgIpc) is 3.17. The second-order valence-corrected chi connectivity index (χ2v) is 6.67. The van der Waals surface area contributed by atoms with Crippen LogP contribution in [0, 0.1) is 17.2 Å². The Morgan fingerprint density at radius 2 is 2.30 bits per heavy atom. The molecule has 0 radical (unpaired) electrons. The van der Waals surface area contributed by atoms with Crippen LogP contribution in [0.2, 0.25) is 5.02 Å². The van der Waals surface area contributed by atoms with E-state index < -0.39 is 0 Å². The van der Waals surface area contributed by atoms with Gasteiger partial charge < -0.3 is 15.0 Å². The highest BCUT2D eigenvalue weighted by Crippen LogP contribution is 2.28. The Morgan fingerprint density at radius 1 is 1.48 bits per heavy atom. The molecule has 1 aliphatic rings. The molecule has 1 saturated carbocycles. The quantitative estimate of drug-likeness (QED) is 0.872. The highest BCUT2D eigenvalue weighted by atomic mass is 35.5. The zero-order valence-electron chi connectivity index (χ0n) is 13.0. The number of rotatable bonds is 5. The lowest BCUT2D eigenvalue weighted by molar-refractivity contribution is 0.145.